The van der Waals surface area contributed by atoms with Gasteiger partial charge in [0.25, 0.3) is 11.8 Å². The fraction of sp³-hybridized carbons (Fsp3) is 0.318. The Labute approximate surface area is 170 Å². The Kier molecular flexibility index (Phi) is 7.77. The Morgan fingerprint density at radius 1 is 1.03 bits per heavy atom. The fourth-order valence-corrected chi connectivity index (χ4v) is 2.71. The molecule has 0 unspecified atom stereocenters. The number of nitrogens with two attached hydrogens (primary N) is 1. The molecule has 0 aliphatic rings. The first-order valence-electron chi connectivity index (χ1n) is 9.44. The van der Waals surface area contributed by atoms with Gasteiger partial charge >= 0.3 is 5.97 Å². The highest BCUT2D eigenvalue weighted by atomic mass is 16.6. The van der Waals surface area contributed by atoms with Crippen LogP contribution in [0.25, 0.3) is 0 Å². The molecule has 0 saturated carbocycles. The lowest BCUT2D eigenvalue weighted by Gasteiger charge is -2.18. The Bertz CT molecular complexity index is 881. The smallest absolute Gasteiger partial charge is 0.344 e. The lowest BCUT2D eigenvalue weighted by atomic mass is 9.97. The number of carbonyl (C=O) groups is 3. The van der Waals surface area contributed by atoms with Crippen molar-refractivity contribution in [1.29, 1.82) is 0 Å². The van der Waals surface area contributed by atoms with Gasteiger partial charge in [-0.3, -0.25) is 9.59 Å². The van der Waals surface area contributed by atoms with Gasteiger partial charge in [-0.15, -0.1) is 0 Å². The van der Waals surface area contributed by atoms with E-state index in [1.807, 2.05) is 24.3 Å². The molecule has 0 fully saturated rings. The second-order valence-electron chi connectivity index (χ2n) is 6.67. The van der Waals surface area contributed by atoms with Gasteiger partial charge < -0.3 is 20.5 Å². The van der Waals surface area contributed by atoms with E-state index in [1.165, 1.54) is 19.1 Å². The van der Waals surface area contributed by atoms with Crippen molar-refractivity contribution in [1.82, 2.24) is 0 Å². The number of primary amides is 1. The van der Waals surface area contributed by atoms with Crippen LogP contribution >= 0.6 is 0 Å². The minimum Gasteiger partial charge on any atom is -0.481 e. The zero-order valence-electron chi connectivity index (χ0n) is 16.8. The standard InChI is InChI=1S/C22H26N2O5/c1-4-14(2)16-9-5-7-11-18(16)24-22(27)15(3)29-20(25)13-28-19-12-8-6-10-17(19)21(23)26/h5-12,14-15H,4,13H2,1-3H3,(H2,23,26)(H,24,27)/t14-,15+/m0/s1. The van der Waals surface area contributed by atoms with Gasteiger partial charge in [0.1, 0.15) is 5.75 Å². The van der Waals surface area contributed by atoms with E-state index in [0.717, 1.165) is 12.0 Å². The molecule has 0 radical (unpaired) electrons. The number of ether oxygens (including phenoxy) is 2. The molecule has 2 aromatic rings. The number of amides is 2. The molecule has 0 bridgehead atoms. The number of rotatable bonds is 9. The Hall–Kier alpha value is -3.35. The number of benzene rings is 2. The first-order valence-corrected chi connectivity index (χ1v) is 9.44. The van der Waals surface area contributed by atoms with Crippen LogP contribution in [-0.2, 0) is 14.3 Å². The molecule has 3 N–H and O–H groups in total. The van der Waals surface area contributed by atoms with Crippen LogP contribution in [-0.4, -0.2) is 30.5 Å². The summed E-state index contributed by atoms with van der Waals surface area (Å²) in [5.74, 6) is -1.38. The molecule has 0 aliphatic carbocycles. The van der Waals surface area contributed by atoms with Crippen LogP contribution in [0.3, 0.4) is 0 Å². The quantitative estimate of drug-likeness (QED) is 0.631. The normalized spacial score (nSPS) is 12.5. The van der Waals surface area contributed by atoms with Crippen molar-refractivity contribution >= 4 is 23.5 Å². The average molecular weight is 398 g/mol. The Morgan fingerprint density at radius 2 is 1.69 bits per heavy atom. The SMILES string of the molecule is CC[C@H](C)c1ccccc1NC(=O)[C@@H](C)OC(=O)COc1ccccc1C(N)=O. The molecule has 7 heteroatoms. The third-order valence-corrected chi connectivity index (χ3v) is 4.54. The van der Waals surface area contributed by atoms with E-state index < -0.39 is 30.5 Å². The minimum atomic E-state index is -1.01. The number of nitrogens with one attached hydrogen (secondary N) is 1. The molecular formula is C22H26N2O5. The number of para-hydroxylation sites is 2. The summed E-state index contributed by atoms with van der Waals surface area (Å²) < 4.78 is 10.5. The summed E-state index contributed by atoms with van der Waals surface area (Å²) >= 11 is 0. The van der Waals surface area contributed by atoms with Gasteiger partial charge in [-0.2, -0.15) is 0 Å². The summed E-state index contributed by atoms with van der Waals surface area (Å²) in [4.78, 5) is 35.9. The van der Waals surface area contributed by atoms with E-state index in [9.17, 15) is 14.4 Å². The van der Waals surface area contributed by atoms with Crippen LogP contribution in [0.5, 0.6) is 5.75 Å². The van der Waals surface area contributed by atoms with Gasteiger partial charge in [-0.25, -0.2) is 4.79 Å². The number of hydrogen-bond donors (Lipinski definition) is 2. The Balaban J connectivity index is 1.93. The maximum absolute atomic E-state index is 12.4. The summed E-state index contributed by atoms with van der Waals surface area (Å²) in [6.45, 7) is 5.18. The van der Waals surface area contributed by atoms with E-state index in [1.54, 1.807) is 12.1 Å². The van der Waals surface area contributed by atoms with Crippen LogP contribution in [0.1, 0.15) is 49.0 Å². The highest BCUT2D eigenvalue weighted by Gasteiger charge is 2.20. The van der Waals surface area contributed by atoms with Gasteiger partial charge in [-0.05, 0) is 43.0 Å². The molecular weight excluding hydrogens is 372 g/mol. The molecule has 2 aromatic carbocycles. The molecule has 0 aliphatic heterocycles. The molecule has 0 heterocycles. The van der Waals surface area contributed by atoms with Crippen LogP contribution in [0.15, 0.2) is 48.5 Å². The molecule has 2 atom stereocenters. The average Bonchev–Trinajstić information content (AvgIpc) is 2.72. The molecule has 7 nitrogen and oxygen atoms in total. The number of carbonyl (C=O) groups excluding carboxylic acids is 3. The van der Waals surface area contributed by atoms with Crippen molar-refractivity contribution in [2.75, 3.05) is 11.9 Å². The number of hydrogen-bond acceptors (Lipinski definition) is 5. The van der Waals surface area contributed by atoms with Crippen LogP contribution in [0.2, 0.25) is 0 Å². The highest BCUT2D eigenvalue weighted by Crippen LogP contribution is 2.26. The lowest BCUT2D eigenvalue weighted by Crippen LogP contribution is -2.32. The van der Waals surface area contributed by atoms with E-state index in [-0.39, 0.29) is 17.2 Å². The fourth-order valence-electron chi connectivity index (χ4n) is 2.71. The largest absolute Gasteiger partial charge is 0.481 e. The topological polar surface area (TPSA) is 108 Å². The zero-order chi connectivity index (χ0) is 21.4. The molecule has 0 aromatic heterocycles. The number of anilines is 1. The summed E-state index contributed by atoms with van der Waals surface area (Å²) in [6.07, 6.45) is -0.0795. The minimum absolute atomic E-state index is 0.160. The molecule has 0 saturated heterocycles. The second kappa shape index (κ2) is 10.3. The third-order valence-electron chi connectivity index (χ3n) is 4.54. The summed E-state index contributed by atoms with van der Waals surface area (Å²) in [5, 5.41) is 2.81. The maximum Gasteiger partial charge on any atom is 0.344 e. The van der Waals surface area contributed by atoms with Gasteiger partial charge in [0.05, 0.1) is 5.56 Å². The van der Waals surface area contributed by atoms with Gasteiger partial charge in [0.15, 0.2) is 12.7 Å². The van der Waals surface area contributed by atoms with E-state index >= 15 is 0 Å². The maximum atomic E-state index is 12.4. The second-order valence-corrected chi connectivity index (χ2v) is 6.67. The highest BCUT2D eigenvalue weighted by molar-refractivity contribution is 5.96. The lowest BCUT2D eigenvalue weighted by molar-refractivity contribution is -0.155. The predicted molar refractivity (Wildman–Crippen MR) is 110 cm³/mol. The van der Waals surface area contributed by atoms with E-state index in [0.29, 0.717) is 5.69 Å². The molecule has 2 amide bonds. The summed E-state index contributed by atoms with van der Waals surface area (Å²) in [7, 11) is 0. The number of esters is 1. The molecule has 29 heavy (non-hydrogen) atoms. The monoisotopic (exact) mass is 398 g/mol. The van der Waals surface area contributed by atoms with Crippen molar-refractivity contribution in [2.24, 2.45) is 5.73 Å². The zero-order valence-corrected chi connectivity index (χ0v) is 16.8. The van der Waals surface area contributed by atoms with Crippen LogP contribution in [0, 0.1) is 0 Å². The van der Waals surface area contributed by atoms with Crippen LogP contribution < -0.4 is 15.8 Å². The molecule has 154 valence electrons. The van der Waals surface area contributed by atoms with Gasteiger partial charge in [0.2, 0.25) is 0 Å². The van der Waals surface area contributed by atoms with E-state index in [2.05, 4.69) is 19.2 Å². The van der Waals surface area contributed by atoms with Crippen LogP contribution in [0.4, 0.5) is 5.69 Å². The molecule has 0 spiro atoms. The predicted octanol–water partition coefficient (Wildman–Crippen LogP) is 3.25. The van der Waals surface area contributed by atoms with Crippen molar-refractivity contribution in [3.8, 4) is 5.75 Å². The van der Waals surface area contributed by atoms with Gasteiger partial charge in [0, 0.05) is 5.69 Å². The first kappa shape index (κ1) is 21.9. The summed E-state index contributed by atoms with van der Waals surface area (Å²) in [5.41, 5.74) is 7.15. The third kappa shape index (κ3) is 6.07. The molecule has 2 rings (SSSR count). The first-order chi connectivity index (χ1) is 13.8. The van der Waals surface area contributed by atoms with Crippen molar-refractivity contribution in [3.05, 3.63) is 59.7 Å². The summed E-state index contributed by atoms with van der Waals surface area (Å²) in [6, 6.07) is 13.8. The van der Waals surface area contributed by atoms with Gasteiger partial charge in [-0.1, -0.05) is 44.2 Å². The van der Waals surface area contributed by atoms with E-state index in [4.69, 9.17) is 15.2 Å². The Morgan fingerprint density at radius 3 is 2.38 bits per heavy atom. The van der Waals surface area contributed by atoms with Crippen molar-refractivity contribution < 1.29 is 23.9 Å². The van der Waals surface area contributed by atoms with Crippen molar-refractivity contribution in [2.45, 2.75) is 39.2 Å². The van der Waals surface area contributed by atoms with Crippen molar-refractivity contribution in [3.63, 3.8) is 0 Å².